The van der Waals surface area contributed by atoms with Gasteiger partial charge in [0.2, 0.25) is 9.84 Å². The third-order valence-corrected chi connectivity index (χ3v) is 6.08. The van der Waals surface area contributed by atoms with Gasteiger partial charge in [0, 0.05) is 29.7 Å². The van der Waals surface area contributed by atoms with E-state index in [9.17, 15) is 31.1 Å². The summed E-state index contributed by atoms with van der Waals surface area (Å²) in [5.74, 6) is -1.40. The van der Waals surface area contributed by atoms with Crippen LogP contribution < -0.4 is 5.73 Å². The third-order valence-electron chi connectivity index (χ3n) is 4.34. The first-order valence-electron chi connectivity index (χ1n) is 8.22. The number of nitrogens with two attached hydrogens (primary N) is 1. The molecule has 0 saturated carbocycles. The normalized spacial score (nSPS) is 14.3. The summed E-state index contributed by atoms with van der Waals surface area (Å²) < 4.78 is 77.4. The van der Waals surface area contributed by atoms with Crippen LogP contribution in [0.3, 0.4) is 0 Å². The molecule has 3 rings (SSSR count). The summed E-state index contributed by atoms with van der Waals surface area (Å²) in [6.07, 6.45) is -2.31. The standard InChI is InChI=1S/C18H14F4N4O3S/c1-17(27,18(20,21)22)11-7-25-16(26-8-11)10-2-4-12(5-3-10)30(28,29)13-6-14(19)15(23)24-9-13/h2-9,27H,1H3,(H2,23,24). The van der Waals surface area contributed by atoms with Crippen LogP contribution in [0, 0.1) is 5.82 Å². The molecule has 158 valence electrons. The van der Waals surface area contributed by atoms with Crippen molar-refractivity contribution in [3.8, 4) is 11.4 Å². The Kier molecular flexibility index (Phi) is 5.24. The van der Waals surface area contributed by atoms with E-state index in [-0.39, 0.29) is 10.7 Å². The van der Waals surface area contributed by atoms with Gasteiger partial charge in [0.15, 0.2) is 23.1 Å². The molecule has 0 spiro atoms. The lowest BCUT2D eigenvalue weighted by molar-refractivity contribution is -0.259. The lowest BCUT2D eigenvalue weighted by Gasteiger charge is -2.25. The van der Waals surface area contributed by atoms with Crippen LogP contribution in [0.15, 0.2) is 58.7 Å². The van der Waals surface area contributed by atoms with Crippen molar-refractivity contribution in [3.05, 3.63) is 60.3 Å². The molecule has 1 atom stereocenters. The molecule has 3 aromatic rings. The summed E-state index contributed by atoms with van der Waals surface area (Å²) in [5.41, 5.74) is 1.89. The number of anilines is 1. The van der Waals surface area contributed by atoms with Crippen molar-refractivity contribution in [2.45, 2.75) is 28.5 Å². The lowest BCUT2D eigenvalue weighted by Crippen LogP contribution is -2.39. The molecule has 3 N–H and O–H groups in total. The molecular weight excluding hydrogens is 428 g/mol. The van der Waals surface area contributed by atoms with Crippen LogP contribution in [0.2, 0.25) is 0 Å². The number of sulfone groups is 1. The number of halogens is 4. The van der Waals surface area contributed by atoms with E-state index in [0.717, 1.165) is 24.7 Å². The first kappa shape index (κ1) is 21.6. The van der Waals surface area contributed by atoms with Crippen LogP contribution in [0.25, 0.3) is 11.4 Å². The smallest absolute Gasteiger partial charge is 0.381 e. The number of alkyl halides is 3. The average molecular weight is 442 g/mol. The van der Waals surface area contributed by atoms with Crippen molar-refractivity contribution < 1.29 is 31.1 Å². The molecule has 0 aliphatic heterocycles. The Morgan fingerprint density at radius 1 is 0.967 bits per heavy atom. The number of nitrogen functional groups attached to an aromatic ring is 1. The van der Waals surface area contributed by atoms with E-state index < -0.39 is 43.7 Å². The van der Waals surface area contributed by atoms with Crippen molar-refractivity contribution in [2.75, 3.05) is 5.73 Å². The molecular formula is C18H14F4N4O3S. The second-order valence-corrected chi connectivity index (χ2v) is 8.38. The van der Waals surface area contributed by atoms with E-state index in [1.54, 1.807) is 0 Å². The first-order chi connectivity index (χ1) is 13.8. The van der Waals surface area contributed by atoms with E-state index in [0.29, 0.717) is 12.5 Å². The predicted octanol–water partition coefficient (Wildman–Crippen LogP) is 2.86. The van der Waals surface area contributed by atoms with Crippen molar-refractivity contribution in [1.82, 2.24) is 15.0 Å². The van der Waals surface area contributed by atoms with Crippen LogP contribution in [-0.2, 0) is 15.4 Å². The third kappa shape index (κ3) is 3.83. The Labute approximate surface area is 168 Å². The van der Waals surface area contributed by atoms with Crippen LogP contribution in [0.5, 0.6) is 0 Å². The predicted molar refractivity (Wildman–Crippen MR) is 97.2 cm³/mol. The minimum absolute atomic E-state index is 0.0147. The van der Waals surface area contributed by atoms with Gasteiger partial charge in [-0.05, 0) is 37.3 Å². The van der Waals surface area contributed by atoms with Gasteiger partial charge in [-0.15, -0.1) is 0 Å². The maximum atomic E-state index is 13.5. The summed E-state index contributed by atoms with van der Waals surface area (Å²) >= 11 is 0. The largest absolute Gasteiger partial charge is 0.421 e. The molecule has 0 aliphatic rings. The van der Waals surface area contributed by atoms with Gasteiger partial charge in [-0.2, -0.15) is 13.2 Å². The average Bonchev–Trinajstić information content (AvgIpc) is 2.69. The minimum Gasteiger partial charge on any atom is -0.381 e. The molecule has 12 heteroatoms. The molecule has 0 fully saturated rings. The molecule has 1 aromatic carbocycles. The van der Waals surface area contributed by atoms with Crippen molar-refractivity contribution in [3.63, 3.8) is 0 Å². The van der Waals surface area contributed by atoms with Crippen molar-refractivity contribution >= 4 is 15.7 Å². The van der Waals surface area contributed by atoms with Gasteiger partial charge in [0.05, 0.1) is 9.79 Å². The second kappa shape index (κ2) is 7.29. The van der Waals surface area contributed by atoms with Crippen molar-refractivity contribution in [1.29, 1.82) is 0 Å². The van der Waals surface area contributed by atoms with Crippen LogP contribution in [-0.4, -0.2) is 34.7 Å². The summed E-state index contributed by atoms with van der Waals surface area (Å²) in [6, 6.07) is 5.85. The maximum Gasteiger partial charge on any atom is 0.421 e. The monoisotopic (exact) mass is 442 g/mol. The van der Waals surface area contributed by atoms with Gasteiger partial charge < -0.3 is 10.8 Å². The van der Waals surface area contributed by atoms with Gasteiger partial charge in [-0.25, -0.2) is 27.8 Å². The van der Waals surface area contributed by atoms with E-state index in [2.05, 4.69) is 15.0 Å². The molecule has 7 nitrogen and oxygen atoms in total. The number of aromatic nitrogens is 3. The molecule has 0 aliphatic carbocycles. The van der Waals surface area contributed by atoms with Crippen molar-refractivity contribution in [2.24, 2.45) is 0 Å². The quantitative estimate of drug-likeness (QED) is 0.597. The Morgan fingerprint density at radius 2 is 1.53 bits per heavy atom. The van der Waals surface area contributed by atoms with Gasteiger partial charge in [0.1, 0.15) is 0 Å². The van der Waals surface area contributed by atoms with Crippen LogP contribution in [0.4, 0.5) is 23.4 Å². The summed E-state index contributed by atoms with van der Waals surface area (Å²) in [7, 11) is -4.08. The summed E-state index contributed by atoms with van der Waals surface area (Å²) in [6.45, 7) is 0.583. The number of pyridine rings is 1. The fourth-order valence-corrected chi connectivity index (χ4v) is 3.61. The summed E-state index contributed by atoms with van der Waals surface area (Å²) in [5, 5.41) is 9.64. The van der Waals surface area contributed by atoms with E-state index >= 15 is 0 Å². The molecule has 2 heterocycles. The topological polar surface area (TPSA) is 119 Å². The molecule has 30 heavy (non-hydrogen) atoms. The molecule has 0 amide bonds. The number of benzene rings is 1. The molecule has 1 unspecified atom stereocenters. The van der Waals surface area contributed by atoms with Crippen LogP contribution >= 0.6 is 0 Å². The molecule has 0 bridgehead atoms. The highest BCUT2D eigenvalue weighted by atomic mass is 32.2. The van der Waals surface area contributed by atoms with E-state index in [4.69, 9.17) is 5.73 Å². The fraction of sp³-hybridized carbons (Fsp3) is 0.167. The van der Waals surface area contributed by atoms with Gasteiger partial charge in [-0.1, -0.05) is 0 Å². The van der Waals surface area contributed by atoms with E-state index in [1.165, 1.54) is 24.3 Å². The maximum absolute atomic E-state index is 13.5. The number of nitrogens with zero attached hydrogens (tertiary/aromatic N) is 3. The highest BCUT2D eigenvalue weighted by Crippen LogP contribution is 2.38. The number of rotatable bonds is 4. The minimum atomic E-state index is -4.91. The molecule has 0 saturated heterocycles. The molecule has 2 aromatic heterocycles. The second-order valence-electron chi connectivity index (χ2n) is 6.43. The number of hydrogen-bond donors (Lipinski definition) is 2. The fourth-order valence-electron chi connectivity index (χ4n) is 2.39. The Morgan fingerprint density at radius 3 is 2.03 bits per heavy atom. The highest BCUT2D eigenvalue weighted by molar-refractivity contribution is 7.91. The Bertz CT molecular complexity index is 1180. The van der Waals surface area contributed by atoms with Crippen LogP contribution in [0.1, 0.15) is 12.5 Å². The number of aliphatic hydroxyl groups is 1. The lowest BCUT2D eigenvalue weighted by atomic mass is 9.98. The SMILES string of the molecule is CC(O)(c1cnc(-c2ccc(S(=O)(=O)c3cnc(N)c(F)c3)cc2)nc1)C(F)(F)F. The number of hydrogen-bond acceptors (Lipinski definition) is 7. The molecule has 0 radical (unpaired) electrons. The zero-order valence-corrected chi connectivity index (χ0v) is 16.0. The highest BCUT2D eigenvalue weighted by Gasteiger charge is 2.51. The summed E-state index contributed by atoms with van der Waals surface area (Å²) in [4.78, 5) is 10.5. The van der Waals surface area contributed by atoms with Gasteiger partial charge in [0.25, 0.3) is 0 Å². The van der Waals surface area contributed by atoms with Gasteiger partial charge in [-0.3, -0.25) is 0 Å². The first-order valence-corrected chi connectivity index (χ1v) is 9.70. The Balaban J connectivity index is 1.90. The van der Waals surface area contributed by atoms with E-state index in [1.807, 2.05) is 0 Å². The zero-order chi connectivity index (χ0) is 22.3. The zero-order valence-electron chi connectivity index (χ0n) is 15.2. The Hall–Kier alpha value is -3.12. The van der Waals surface area contributed by atoms with Gasteiger partial charge >= 0.3 is 6.18 Å².